The predicted molar refractivity (Wildman–Crippen MR) is 54.8 cm³/mol. The van der Waals surface area contributed by atoms with Crippen molar-refractivity contribution in [2.45, 2.75) is 26.2 Å². The van der Waals surface area contributed by atoms with E-state index in [1.807, 2.05) is 0 Å². The Balaban J connectivity index is 3.03. The molecule has 0 fully saturated rings. The number of nitrogen functional groups attached to an aromatic ring is 1. The van der Waals surface area contributed by atoms with Gasteiger partial charge >= 0.3 is 0 Å². The Morgan fingerprint density at radius 2 is 2.21 bits per heavy atom. The van der Waals surface area contributed by atoms with Gasteiger partial charge in [0.25, 0.3) is 5.91 Å². The molecule has 0 aliphatic carbocycles. The highest BCUT2D eigenvalue weighted by Crippen LogP contribution is 2.16. The number of nitrogens with zero attached hydrogens (tertiary/aromatic N) is 2. The summed E-state index contributed by atoms with van der Waals surface area (Å²) in [6.07, 6.45) is 2.78. The summed E-state index contributed by atoms with van der Waals surface area (Å²) in [4.78, 5) is 11.1. The van der Waals surface area contributed by atoms with Gasteiger partial charge in [0, 0.05) is 7.05 Å². The van der Waals surface area contributed by atoms with E-state index in [9.17, 15) is 4.79 Å². The number of carbonyl (C=O) groups is 1. The van der Waals surface area contributed by atoms with Gasteiger partial charge in [-0.1, -0.05) is 13.3 Å². The molecule has 5 nitrogen and oxygen atoms in total. The molecule has 1 amide bonds. The summed E-state index contributed by atoms with van der Waals surface area (Å²) in [5.41, 5.74) is 12.0. The van der Waals surface area contributed by atoms with Gasteiger partial charge in [-0.2, -0.15) is 5.10 Å². The molecule has 1 aromatic heterocycles. The first kappa shape index (κ1) is 10.6. The normalized spacial score (nSPS) is 10.4. The average molecular weight is 196 g/mol. The Hall–Kier alpha value is -1.52. The van der Waals surface area contributed by atoms with Crippen LogP contribution in [0.2, 0.25) is 0 Å². The first-order valence-corrected chi connectivity index (χ1v) is 4.69. The number of anilines is 1. The van der Waals surface area contributed by atoms with E-state index in [0.717, 1.165) is 19.3 Å². The highest BCUT2D eigenvalue weighted by atomic mass is 16.1. The molecule has 1 heterocycles. The number of hydrogen-bond acceptors (Lipinski definition) is 3. The minimum atomic E-state index is -0.498. The van der Waals surface area contributed by atoms with Crippen LogP contribution in [0.1, 0.15) is 35.8 Å². The van der Waals surface area contributed by atoms with Crippen LogP contribution < -0.4 is 11.5 Å². The van der Waals surface area contributed by atoms with Gasteiger partial charge in [-0.05, 0) is 12.8 Å². The van der Waals surface area contributed by atoms with Crippen LogP contribution in [0.4, 0.5) is 5.82 Å². The third-order valence-corrected chi connectivity index (χ3v) is 2.18. The maximum absolute atomic E-state index is 11.1. The smallest absolute Gasteiger partial charge is 0.254 e. The summed E-state index contributed by atoms with van der Waals surface area (Å²) in [6.45, 7) is 2.08. The van der Waals surface area contributed by atoms with Gasteiger partial charge in [-0.25, -0.2) is 0 Å². The van der Waals surface area contributed by atoms with Crippen LogP contribution in [0.5, 0.6) is 0 Å². The van der Waals surface area contributed by atoms with E-state index >= 15 is 0 Å². The van der Waals surface area contributed by atoms with Crippen molar-refractivity contribution in [3.8, 4) is 0 Å². The second kappa shape index (κ2) is 4.13. The molecule has 4 N–H and O–H groups in total. The maximum Gasteiger partial charge on any atom is 0.254 e. The van der Waals surface area contributed by atoms with Crippen molar-refractivity contribution in [2.24, 2.45) is 12.8 Å². The summed E-state index contributed by atoms with van der Waals surface area (Å²) >= 11 is 0. The molecule has 0 radical (unpaired) electrons. The van der Waals surface area contributed by atoms with E-state index in [1.165, 1.54) is 4.68 Å². The fourth-order valence-corrected chi connectivity index (χ4v) is 1.38. The molecule has 0 unspecified atom stereocenters. The zero-order valence-electron chi connectivity index (χ0n) is 8.58. The van der Waals surface area contributed by atoms with Gasteiger partial charge in [0.15, 0.2) is 0 Å². The van der Waals surface area contributed by atoms with Gasteiger partial charge in [0.2, 0.25) is 0 Å². The lowest BCUT2D eigenvalue weighted by atomic mass is 10.1. The van der Waals surface area contributed by atoms with Crippen LogP contribution in [-0.4, -0.2) is 15.7 Å². The van der Waals surface area contributed by atoms with Crippen LogP contribution in [0.15, 0.2) is 0 Å². The Labute approximate surface area is 83.1 Å². The first-order valence-electron chi connectivity index (χ1n) is 4.69. The molecule has 0 aliphatic rings. The van der Waals surface area contributed by atoms with E-state index < -0.39 is 5.91 Å². The number of aromatic nitrogens is 2. The topological polar surface area (TPSA) is 86.9 Å². The lowest BCUT2D eigenvalue weighted by Gasteiger charge is -1.97. The molecule has 0 bridgehead atoms. The van der Waals surface area contributed by atoms with Crippen molar-refractivity contribution >= 4 is 11.7 Å². The number of hydrogen-bond donors (Lipinski definition) is 2. The molecule has 0 spiro atoms. The second-order valence-corrected chi connectivity index (χ2v) is 3.30. The van der Waals surface area contributed by atoms with Crippen molar-refractivity contribution < 1.29 is 4.79 Å². The van der Waals surface area contributed by atoms with Crippen LogP contribution >= 0.6 is 0 Å². The minimum absolute atomic E-state index is 0.351. The molecular formula is C9H16N4O. The number of carbonyl (C=O) groups excluding carboxylic acids is 1. The number of unbranched alkanes of at least 4 members (excludes halogenated alkanes) is 1. The Morgan fingerprint density at radius 3 is 2.71 bits per heavy atom. The summed E-state index contributed by atoms with van der Waals surface area (Å²) in [7, 11) is 1.71. The van der Waals surface area contributed by atoms with Gasteiger partial charge < -0.3 is 11.5 Å². The van der Waals surface area contributed by atoms with E-state index in [-0.39, 0.29) is 0 Å². The van der Waals surface area contributed by atoms with Gasteiger partial charge in [-0.15, -0.1) is 0 Å². The van der Waals surface area contributed by atoms with Crippen LogP contribution in [-0.2, 0) is 13.5 Å². The molecule has 0 aromatic carbocycles. The first-order chi connectivity index (χ1) is 6.57. The Kier molecular flexibility index (Phi) is 3.11. The fourth-order valence-electron chi connectivity index (χ4n) is 1.38. The monoisotopic (exact) mass is 196 g/mol. The lowest BCUT2D eigenvalue weighted by Crippen LogP contribution is -2.15. The van der Waals surface area contributed by atoms with E-state index in [1.54, 1.807) is 7.05 Å². The third-order valence-electron chi connectivity index (χ3n) is 2.18. The summed E-state index contributed by atoms with van der Waals surface area (Å²) < 4.78 is 1.49. The average Bonchev–Trinajstić information content (AvgIpc) is 2.39. The lowest BCUT2D eigenvalue weighted by molar-refractivity contribution is 0.1000. The Morgan fingerprint density at radius 1 is 1.57 bits per heavy atom. The summed E-state index contributed by atoms with van der Waals surface area (Å²) in [5.74, 6) is -0.148. The number of rotatable bonds is 4. The SMILES string of the molecule is CCCCc1nn(C)c(N)c1C(N)=O. The molecule has 1 aromatic rings. The molecule has 14 heavy (non-hydrogen) atoms. The Bertz CT molecular complexity index is 343. The number of primary amides is 1. The molecule has 78 valence electrons. The third kappa shape index (κ3) is 1.86. The molecule has 0 saturated heterocycles. The zero-order valence-corrected chi connectivity index (χ0v) is 8.58. The molecule has 1 rings (SSSR count). The summed E-state index contributed by atoms with van der Waals surface area (Å²) in [5, 5.41) is 4.16. The minimum Gasteiger partial charge on any atom is -0.383 e. The molecule has 0 aliphatic heterocycles. The van der Waals surface area contributed by atoms with Crippen molar-refractivity contribution in [1.82, 2.24) is 9.78 Å². The van der Waals surface area contributed by atoms with Gasteiger partial charge in [-0.3, -0.25) is 9.48 Å². The zero-order chi connectivity index (χ0) is 10.7. The van der Waals surface area contributed by atoms with E-state index in [2.05, 4.69) is 12.0 Å². The van der Waals surface area contributed by atoms with Crippen LogP contribution in [0.3, 0.4) is 0 Å². The fraction of sp³-hybridized carbons (Fsp3) is 0.556. The standard InChI is InChI=1S/C9H16N4O/c1-3-4-5-6-7(9(11)14)8(10)13(2)12-6/h3-5,10H2,1-2H3,(H2,11,14). The number of amides is 1. The quantitative estimate of drug-likeness (QED) is 0.732. The predicted octanol–water partition coefficient (Wildman–Crippen LogP) is 0.444. The summed E-state index contributed by atoms with van der Waals surface area (Å²) in [6, 6.07) is 0. The maximum atomic E-state index is 11.1. The van der Waals surface area contributed by atoms with Crippen molar-refractivity contribution in [1.29, 1.82) is 0 Å². The van der Waals surface area contributed by atoms with Gasteiger partial charge in [0.1, 0.15) is 11.4 Å². The van der Waals surface area contributed by atoms with Crippen molar-refractivity contribution in [3.05, 3.63) is 11.3 Å². The molecule has 5 heteroatoms. The van der Waals surface area contributed by atoms with Crippen molar-refractivity contribution in [3.63, 3.8) is 0 Å². The number of aryl methyl sites for hydroxylation is 2. The van der Waals surface area contributed by atoms with E-state index in [4.69, 9.17) is 11.5 Å². The number of nitrogens with two attached hydrogens (primary N) is 2. The second-order valence-electron chi connectivity index (χ2n) is 3.30. The van der Waals surface area contributed by atoms with Gasteiger partial charge in [0.05, 0.1) is 5.69 Å². The van der Waals surface area contributed by atoms with E-state index in [0.29, 0.717) is 17.1 Å². The molecule has 0 saturated carbocycles. The molecular weight excluding hydrogens is 180 g/mol. The van der Waals surface area contributed by atoms with Crippen LogP contribution in [0.25, 0.3) is 0 Å². The molecule has 0 atom stereocenters. The van der Waals surface area contributed by atoms with Crippen molar-refractivity contribution in [2.75, 3.05) is 5.73 Å². The largest absolute Gasteiger partial charge is 0.383 e. The highest BCUT2D eigenvalue weighted by Gasteiger charge is 2.17. The highest BCUT2D eigenvalue weighted by molar-refractivity contribution is 5.98. The van der Waals surface area contributed by atoms with Crippen LogP contribution in [0, 0.1) is 0 Å².